The molecule has 0 fully saturated rings. The zero-order valence-electron chi connectivity index (χ0n) is 26.4. The third-order valence-corrected chi connectivity index (χ3v) is 10.6. The van der Waals surface area contributed by atoms with Gasteiger partial charge in [0, 0.05) is 34.6 Å². The summed E-state index contributed by atoms with van der Waals surface area (Å²) in [5.41, 5.74) is 3.24. The van der Waals surface area contributed by atoms with Crippen LogP contribution < -0.4 is 9.62 Å². The first kappa shape index (κ1) is 35.0. The Morgan fingerprint density at radius 2 is 1.41 bits per heavy atom. The minimum Gasteiger partial charge on any atom is -0.352 e. The van der Waals surface area contributed by atoms with Crippen LogP contribution in [0.1, 0.15) is 42.5 Å². The van der Waals surface area contributed by atoms with Crippen molar-refractivity contribution in [3.8, 4) is 0 Å². The summed E-state index contributed by atoms with van der Waals surface area (Å²) in [5, 5.41) is 3.68. The van der Waals surface area contributed by atoms with Crippen molar-refractivity contribution < 1.29 is 18.0 Å². The number of benzene rings is 4. The Hall–Kier alpha value is -3.85. The van der Waals surface area contributed by atoms with E-state index in [1.165, 1.54) is 17.0 Å². The van der Waals surface area contributed by atoms with E-state index in [9.17, 15) is 18.0 Å². The van der Waals surface area contributed by atoms with Crippen LogP contribution in [-0.2, 0) is 32.6 Å². The van der Waals surface area contributed by atoms with Crippen LogP contribution in [0.2, 0.25) is 10.0 Å². The van der Waals surface area contributed by atoms with E-state index in [1.54, 1.807) is 48.5 Å². The van der Waals surface area contributed by atoms with Crippen LogP contribution in [0, 0.1) is 13.8 Å². The fourth-order valence-corrected chi connectivity index (χ4v) is 7.10. The maximum atomic E-state index is 14.7. The smallest absolute Gasteiger partial charge is 0.264 e. The molecule has 0 saturated heterocycles. The predicted molar refractivity (Wildman–Crippen MR) is 186 cm³/mol. The summed E-state index contributed by atoms with van der Waals surface area (Å²) < 4.78 is 29.6. The summed E-state index contributed by atoms with van der Waals surface area (Å²) in [6.45, 7) is 6.88. The molecular weight excluding hydrogens is 641 g/mol. The molecule has 0 unspecified atom stereocenters. The molecule has 0 radical (unpaired) electrons. The number of rotatable bonds is 13. The van der Waals surface area contributed by atoms with Gasteiger partial charge in [-0.2, -0.15) is 0 Å². The highest BCUT2D eigenvalue weighted by atomic mass is 35.5. The lowest BCUT2D eigenvalue weighted by Gasteiger charge is -2.35. The molecule has 1 N–H and O–H groups in total. The van der Waals surface area contributed by atoms with E-state index in [4.69, 9.17) is 23.2 Å². The third kappa shape index (κ3) is 8.29. The summed E-state index contributed by atoms with van der Waals surface area (Å²) in [6.07, 6.45) is 0.871. The van der Waals surface area contributed by atoms with E-state index in [1.807, 2.05) is 64.1 Å². The van der Waals surface area contributed by atoms with Crippen molar-refractivity contribution in [3.05, 3.63) is 129 Å². The normalized spacial score (nSPS) is 12.7. The molecule has 7 nitrogen and oxygen atoms in total. The molecule has 2 atom stereocenters. The Kier molecular flexibility index (Phi) is 11.9. The molecule has 0 aliphatic carbocycles. The Bertz CT molecular complexity index is 1750. The number of hydrogen-bond donors (Lipinski definition) is 1. The van der Waals surface area contributed by atoms with Gasteiger partial charge in [-0.05, 0) is 74.2 Å². The number of hydrogen-bond acceptors (Lipinski definition) is 4. The average Bonchev–Trinajstić information content (AvgIpc) is 3.04. The summed E-state index contributed by atoms with van der Waals surface area (Å²) in [6, 6.07) is 26.6. The molecule has 2 amide bonds. The lowest BCUT2D eigenvalue weighted by molar-refractivity contribution is -0.140. The number of aryl methyl sites for hydroxylation is 1. The monoisotopic (exact) mass is 679 g/mol. The number of amides is 2. The molecule has 0 spiro atoms. The van der Waals surface area contributed by atoms with Gasteiger partial charge in [0.1, 0.15) is 12.6 Å². The van der Waals surface area contributed by atoms with E-state index in [0.717, 1.165) is 15.4 Å². The van der Waals surface area contributed by atoms with Crippen molar-refractivity contribution in [1.82, 2.24) is 10.2 Å². The first-order chi connectivity index (χ1) is 21.9. The lowest BCUT2D eigenvalue weighted by Crippen LogP contribution is -2.54. The van der Waals surface area contributed by atoms with E-state index >= 15 is 0 Å². The van der Waals surface area contributed by atoms with Gasteiger partial charge in [0.05, 0.1) is 10.6 Å². The van der Waals surface area contributed by atoms with Crippen molar-refractivity contribution in [1.29, 1.82) is 0 Å². The molecule has 0 aliphatic heterocycles. The zero-order chi connectivity index (χ0) is 33.4. The van der Waals surface area contributed by atoms with Gasteiger partial charge in [-0.25, -0.2) is 8.42 Å². The van der Waals surface area contributed by atoms with Crippen LogP contribution in [-0.4, -0.2) is 43.8 Å². The topological polar surface area (TPSA) is 86.8 Å². The second-order valence-electron chi connectivity index (χ2n) is 11.3. The van der Waals surface area contributed by atoms with Crippen molar-refractivity contribution in [2.75, 3.05) is 10.8 Å². The number of nitrogens with one attached hydrogen (secondary N) is 1. The molecule has 0 bridgehead atoms. The zero-order valence-corrected chi connectivity index (χ0v) is 28.7. The van der Waals surface area contributed by atoms with Crippen molar-refractivity contribution in [3.63, 3.8) is 0 Å². The number of sulfonamides is 1. The molecule has 0 aromatic heterocycles. The Morgan fingerprint density at radius 1 is 0.826 bits per heavy atom. The highest BCUT2D eigenvalue weighted by Gasteiger charge is 2.36. The lowest BCUT2D eigenvalue weighted by atomic mass is 10.0. The SMILES string of the molecule is CC[C@H](C)NC(=O)[C@@H](Cc1ccccc1)N(Cc1c(Cl)cccc1Cl)C(=O)CN(c1cccc(C)c1C)S(=O)(=O)c1ccccc1. The van der Waals surface area contributed by atoms with E-state index < -0.39 is 28.5 Å². The number of halogens is 2. The molecule has 0 saturated carbocycles. The summed E-state index contributed by atoms with van der Waals surface area (Å²) in [7, 11) is -4.21. The minimum absolute atomic E-state index is 0.0414. The first-order valence-corrected chi connectivity index (χ1v) is 17.3. The van der Waals surface area contributed by atoms with Gasteiger partial charge in [0.15, 0.2) is 0 Å². The quantitative estimate of drug-likeness (QED) is 0.160. The van der Waals surface area contributed by atoms with Crippen LogP contribution in [0.3, 0.4) is 0 Å². The van der Waals surface area contributed by atoms with Gasteiger partial charge in [-0.1, -0.05) is 96.9 Å². The molecule has 46 heavy (non-hydrogen) atoms. The van der Waals surface area contributed by atoms with Crippen LogP contribution in [0.4, 0.5) is 5.69 Å². The average molecular weight is 681 g/mol. The van der Waals surface area contributed by atoms with Crippen LogP contribution in [0.5, 0.6) is 0 Å². The fraction of sp³-hybridized carbons (Fsp3) is 0.278. The predicted octanol–water partition coefficient (Wildman–Crippen LogP) is 7.36. The van der Waals surface area contributed by atoms with Crippen LogP contribution in [0.15, 0.2) is 102 Å². The largest absolute Gasteiger partial charge is 0.352 e. The van der Waals surface area contributed by atoms with Gasteiger partial charge in [-0.15, -0.1) is 0 Å². The summed E-state index contributed by atoms with van der Waals surface area (Å²) >= 11 is 13.2. The molecule has 4 rings (SSSR count). The molecule has 10 heteroatoms. The van der Waals surface area contributed by atoms with E-state index in [-0.39, 0.29) is 29.8 Å². The fourth-order valence-electron chi connectivity index (χ4n) is 5.09. The Morgan fingerprint density at radius 3 is 2.02 bits per heavy atom. The van der Waals surface area contributed by atoms with Gasteiger partial charge in [0.2, 0.25) is 11.8 Å². The molecule has 4 aromatic rings. The number of carbonyl (C=O) groups is 2. The van der Waals surface area contributed by atoms with Gasteiger partial charge < -0.3 is 10.2 Å². The van der Waals surface area contributed by atoms with Crippen molar-refractivity contribution >= 4 is 50.7 Å². The summed E-state index contributed by atoms with van der Waals surface area (Å²) in [4.78, 5) is 30.1. The second-order valence-corrected chi connectivity index (χ2v) is 14.0. The number of nitrogens with zero attached hydrogens (tertiary/aromatic N) is 2. The molecule has 0 aliphatic rings. The maximum Gasteiger partial charge on any atom is 0.264 e. The number of anilines is 1. The second kappa shape index (κ2) is 15.6. The van der Waals surface area contributed by atoms with Crippen LogP contribution >= 0.6 is 23.2 Å². The highest BCUT2D eigenvalue weighted by molar-refractivity contribution is 7.92. The molecular formula is C36H39Cl2N3O4S. The van der Waals surface area contributed by atoms with Crippen LogP contribution in [0.25, 0.3) is 0 Å². The van der Waals surface area contributed by atoms with Gasteiger partial charge >= 0.3 is 0 Å². The summed E-state index contributed by atoms with van der Waals surface area (Å²) in [5.74, 6) is -0.949. The van der Waals surface area contributed by atoms with Crippen molar-refractivity contribution in [2.45, 2.75) is 64.1 Å². The minimum atomic E-state index is -4.21. The van der Waals surface area contributed by atoms with Gasteiger partial charge in [-0.3, -0.25) is 13.9 Å². The van der Waals surface area contributed by atoms with Crippen molar-refractivity contribution in [2.24, 2.45) is 0 Å². The number of carbonyl (C=O) groups excluding carboxylic acids is 2. The highest BCUT2D eigenvalue weighted by Crippen LogP contribution is 2.31. The van der Waals surface area contributed by atoms with Gasteiger partial charge in [0.25, 0.3) is 10.0 Å². The Labute approximate surface area is 282 Å². The molecule has 4 aromatic carbocycles. The Balaban J connectivity index is 1.87. The van der Waals surface area contributed by atoms with E-state index in [0.29, 0.717) is 33.3 Å². The molecule has 242 valence electrons. The van der Waals surface area contributed by atoms with E-state index in [2.05, 4.69) is 5.32 Å². The first-order valence-electron chi connectivity index (χ1n) is 15.1. The maximum absolute atomic E-state index is 14.7. The molecule has 0 heterocycles. The third-order valence-electron chi connectivity index (χ3n) is 8.12. The standard InChI is InChI=1S/C36H39Cl2N3O4S/c1-5-26(3)39-36(43)34(22-28-15-8-6-9-16-28)40(23-30-31(37)19-13-20-32(30)38)35(42)24-41(33-21-12-14-25(2)27(33)4)46(44,45)29-17-10-7-11-18-29/h6-21,26,34H,5,22-24H2,1-4H3,(H,39,43)/t26-,34+/m0/s1.